The maximum atomic E-state index is 11.4. The van der Waals surface area contributed by atoms with Gasteiger partial charge in [-0.05, 0) is 11.5 Å². The summed E-state index contributed by atoms with van der Waals surface area (Å²) in [7, 11) is 0. The summed E-state index contributed by atoms with van der Waals surface area (Å²) >= 11 is 0. The molecule has 0 unspecified atom stereocenters. The molecule has 0 saturated carbocycles. The van der Waals surface area contributed by atoms with Gasteiger partial charge in [0.1, 0.15) is 5.69 Å². The Hall–Kier alpha value is -2.42. The number of nitrogens with zero attached hydrogens (tertiary/aromatic N) is 1. The molecule has 0 aliphatic heterocycles. The first kappa shape index (κ1) is 9.78. The van der Waals surface area contributed by atoms with Gasteiger partial charge in [-0.1, -0.05) is 42.5 Å². The van der Waals surface area contributed by atoms with E-state index in [0.717, 1.165) is 21.7 Å². The molecule has 0 bridgehead atoms. The molecule has 1 aromatic heterocycles. The number of nitrogens with two attached hydrogens (primary N) is 1. The van der Waals surface area contributed by atoms with Crippen LogP contribution >= 0.6 is 0 Å². The zero-order valence-electron chi connectivity index (χ0n) is 9.05. The molecule has 3 nitrogen and oxygen atoms in total. The van der Waals surface area contributed by atoms with E-state index in [0.29, 0.717) is 5.69 Å². The van der Waals surface area contributed by atoms with E-state index in [9.17, 15) is 4.79 Å². The molecule has 3 heteroatoms. The zero-order valence-corrected chi connectivity index (χ0v) is 9.05. The number of carbonyl (C=O) groups is 1. The van der Waals surface area contributed by atoms with Gasteiger partial charge in [-0.3, -0.25) is 4.79 Å². The van der Waals surface area contributed by atoms with Gasteiger partial charge in [-0.2, -0.15) is 0 Å². The SMILES string of the molecule is NC(=O)c1nc2ccccc2c2ccccc12. The van der Waals surface area contributed by atoms with Crippen LogP contribution < -0.4 is 5.73 Å². The van der Waals surface area contributed by atoms with E-state index in [2.05, 4.69) is 4.98 Å². The molecule has 0 aliphatic carbocycles. The molecule has 0 atom stereocenters. The summed E-state index contributed by atoms with van der Waals surface area (Å²) in [5.74, 6) is -0.494. The molecule has 1 heterocycles. The Balaban J connectivity index is 2.59. The Labute approximate surface area is 97.9 Å². The predicted molar refractivity (Wildman–Crippen MR) is 67.8 cm³/mol. The van der Waals surface area contributed by atoms with E-state index < -0.39 is 5.91 Å². The molecular weight excluding hydrogens is 212 g/mol. The first-order chi connectivity index (χ1) is 8.27. The molecule has 0 spiro atoms. The van der Waals surface area contributed by atoms with E-state index >= 15 is 0 Å². The molecule has 2 N–H and O–H groups in total. The summed E-state index contributed by atoms with van der Waals surface area (Å²) < 4.78 is 0. The van der Waals surface area contributed by atoms with Crippen molar-refractivity contribution in [2.45, 2.75) is 0 Å². The highest BCUT2D eigenvalue weighted by atomic mass is 16.1. The van der Waals surface area contributed by atoms with E-state index in [-0.39, 0.29) is 0 Å². The van der Waals surface area contributed by atoms with Gasteiger partial charge in [-0.15, -0.1) is 0 Å². The van der Waals surface area contributed by atoms with Crippen LogP contribution in [0.5, 0.6) is 0 Å². The normalized spacial score (nSPS) is 10.8. The molecule has 3 aromatic rings. The lowest BCUT2D eigenvalue weighted by Crippen LogP contribution is -2.13. The monoisotopic (exact) mass is 222 g/mol. The number of hydrogen-bond donors (Lipinski definition) is 1. The van der Waals surface area contributed by atoms with Gasteiger partial charge >= 0.3 is 0 Å². The number of rotatable bonds is 1. The van der Waals surface area contributed by atoms with Gasteiger partial charge < -0.3 is 5.73 Å². The number of carbonyl (C=O) groups excluding carboxylic acids is 1. The number of benzene rings is 2. The van der Waals surface area contributed by atoms with Crippen molar-refractivity contribution in [3.8, 4) is 0 Å². The lowest BCUT2D eigenvalue weighted by Gasteiger charge is -2.06. The lowest BCUT2D eigenvalue weighted by atomic mass is 10.0. The first-order valence-corrected chi connectivity index (χ1v) is 5.34. The van der Waals surface area contributed by atoms with E-state index in [1.807, 2.05) is 48.5 Å². The van der Waals surface area contributed by atoms with Gasteiger partial charge in [0.05, 0.1) is 5.52 Å². The van der Waals surface area contributed by atoms with Gasteiger partial charge in [0, 0.05) is 10.8 Å². The summed E-state index contributed by atoms with van der Waals surface area (Å²) in [6, 6.07) is 15.4. The maximum Gasteiger partial charge on any atom is 0.267 e. The fraction of sp³-hybridized carbons (Fsp3) is 0. The Morgan fingerprint density at radius 3 is 2.18 bits per heavy atom. The molecule has 2 aromatic carbocycles. The van der Waals surface area contributed by atoms with Crippen LogP contribution in [0.15, 0.2) is 48.5 Å². The number of primary amides is 1. The fourth-order valence-corrected chi connectivity index (χ4v) is 2.09. The smallest absolute Gasteiger partial charge is 0.267 e. The van der Waals surface area contributed by atoms with Crippen LogP contribution in [0.3, 0.4) is 0 Å². The quantitative estimate of drug-likeness (QED) is 0.643. The van der Waals surface area contributed by atoms with Crippen LogP contribution in [0.25, 0.3) is 21.7 Å². The Bertz CT molecular complexity index is 734. The van der Waals surface area contributed by atoms with Gasteiger partial charge in [0.25, 0.3) is 5.91 Å². The van der Waals surface area contributed by atoms with Crippen molar-refractivity contribution in [1.29, 1.82) is 0 Å². The van der Waals surface area contributed by atoms with Crippen molar-refractivity contribution >= 4 is 27.6 Å². The summed E-state index contributed by atoms with van der Waals surface area (Å²) in [4.78, 5) is 15.7. The van der Waals surface area contributed by atoms with Crippen LogP contribution in [0.1, 0.15) is 10.5 Å². The minimum atomic E-state index is -0.494. The first-order valence-electron chi connectivity index (χ1n) is 5.34. The van der Waals surface area contributed by atoms with Crippen LogP contribution in [-0.4, -0.2) is 10.9 Å². The summed E-state index contributed by atoms with van der Waals surface area (Å²) in [5.41, 5.74) is 6.49. The van der Waals surface area contributed by atoms with E-state index in [4.69, 9.17) is 5.73 Å². The third kappa shape index (κ3) is 1.44. The van der Waals surface area contributed by atoms with Crippen molar-refractivity contribution in [3.05, 3.63) is 54.2 Å². The lowest BCUT2D eigenvalue weighted by molar-refractivity contribution is 0.0997. The van der Waals surface area contributed by atoms with Gasteiger partial charge in [-0.25, -0.2) is 4.98 Å². The molecule has 17 heavy (non-hydrogen) atoms. The van der Waals surface area contributed by atoms with E-state index in [1.54, 1.807) is 0 Å². The Morgan fingerprint density at radius 2 is 1.47 bits per heavy atom. The highest BCUT2D eigenvalue weighted by molar-refractivity contribution is 6.13. The van der Waals surface area contributed by atoms with Crippen LogP contribution in [0.4, 0.5) is 0 Å². The van der Waals surface area contributed by atoms with Crippen LogP contribution in [-0.2, 0) is 0 Å². The molecule has 0 fully saturated rings. The van der Waals surface area contributed by atoms with Crippen molar-refractivity contribution in [1.82, 2.24) is 4.98 Å². The second-order valence-electron chi connectivity index (χ2n) is 3.89. The third-order valence-electron chi connectivity index (χ3n) is 2.84. The van der Waals surface area contributed by atoms with Gasteiger partial charge in [0.2, 0.25) is 0 Å². The minimum absolute atomic E-state index is 0.333. The molecular formula is C14H10N2O. The zero-order chi connectivity index (χ0) is 11.8. The average molecular weight is 222 g/mol. The largest absolute Gasteiger partial charge is 0.364 e. The van der Waals surface area contributed by atoms with Crippen molar-refractivity contribution < 1.29 is 4.79 Å². The maximum absolute atomic E-state index is 11.4. The number of aromatic nitrogens is 1. The topological polar surface area (TPSA) is 56.0 Å². The Kier molecular flexibility index (Phi) is 2.05. The standard InChI is InChI=1S/C14H10N2O/c15-14(17)13-11-7-2-1-5-9(11)10-6-3-4-8-12(10)16-13/h1-8H,(H2,15,17). The minimum Gasteiger partial charge on any atom is -0.364 e. The second-order valence-corrected chi connectivity index (χ2v) is 3.89. The van der Waals surface area contributed by atoms with Crippen molar-refractivity contribution in [3.63, 3.8) is 0 Å². The highest BCUT2D eigenvalue weighted by Gasteiger charge is 2.11. The average Bonchev–Trinajstić information content (AvgIpc) is 2.37. The summed E-state index contributed by atoms with van der Waals surface area (Å²) in [5, 5.41) is 2.85. The van der Waals surface area contributed by atoms with Crippen LogP contribution in [0, 0.1) is 0 Å². The van der Waals surface area contributed by atoms with Crippen LogP contribution in [0.2, 0.25) is 0 Å². The molecule has 82 valence electrons. The molecule has 0 aliphatic rings. The number of fused-ring (bicyclic) bond motifs is 3. The fourth-order valence-electron chi connectivity index (χ4n) is 2.09. The van der Waals surface area contributed by atoms with E-state index in [1.165, 1.54) is 0 Å². The number of pyridine rings is 1. The number of para-hydroxylation sites is 1. The van der Waals surface area contributed by atoms with Gasteiger partial charge in [0.15, 0.2) is 0 Å². The molecule has 0 saturated heterocycles. The summed E-state index contributed by atoms with van der Waals surface area (Å²) in [6.45, 7) is 0. The third-order valence-corrected chi connectivity index (χ3v) is 2.84. The van der Waals surface area contributed by atoms with Crippen molar-refractivity contribution in [2.24, 2.45) is 5.73 Å². The number of hydrogen-bond acceptors (Lipinski definition) is 2. The Morgan fingerprint density at radius 1 is 0.882 bits per heavy atom. The predicted octanol–water partition coefficient (Wildman–Crippen LogP) is 2.49. The second kappa shape index (κ2) is 3.56. The van der Waals surface area contributed by atoms with Crippen molar-refractivity contribution in [2.75, 3.05) is 0 Å². The summed E-state index contributed by atoms with van der Waals surface area (Å²) in [6.07, 6.45) is 0. The highest BCUT2D eigenvalue weighted by Crippen LogP contribution is 2.25. The molecule has 1 amide bonds. The molecule has 0 radical (unpaired) electrons. The number of amides is 1. The molecule has 3 rings (SSSR count).